The van der Waals surface area contributed by atoms with Crippen molar-refractivity contribution >= 4 is 17.3 Å². The second kappa shape index (κ2) is 4.78. The summed E-state index contributed by atoms with van der Waals surface area (Å²) in [6.07, 6.45) is 3.73. The average Bonchev–Trinajstić information content (AvgIpc) is 2.76. The van der Waals surface area contributed by atoms with Crippen molar-refractivity contribution in [3.8, 4) is 0 Å². The summed E-state index contributed by atoms with van der Waals surface area (Å²) in [5.41, 5.74) is 0.810. The molecule has 0 fully saturated rings. The lowest BCUT2D eigenvalue weighted by Gasteiger charge is -2.19. The van der Waals surface area contributed by atoms with Gasteiger partial charge in [0.2, 0.25) is 0 Å². The molecule has 17 heavy (non-hydrogen) atoms. The molecule has 0 spiro atoms. The number of carboxylic acid groups (broad SMARTS) is 1. The molecule has 0 aromatic carbocycles. The van der Waals surface area contributed by atoms with Crippen LogP contribution in [0.3, 0.4) is 0 Å². The van der Waals surface area contributed by atoms with Crippen LogP contribution in [-0.2, 0) is 24.2 Å². The summed E-state index contributed by atoms with van der Waals surface area (Å²) in [5, 5.41) is 12.2. The molecular weight excluding hydrogens is 234 g/mol. The van der Waals surface area contributed by atoms with Crippen LogP contribution in [0.4, 0.5) is 0 Å². The topological polar surface area (TPSA) is 49.3 Å². The summed E-state index contributed by atoms with van der Waals surface area (Å²) in [4.78, 5) is 13.8. The van der Waals surface area contributed by atoms with Gasteiger partial charge in [-0.1, -0.05) is 0 Å². The highest BCUT2D eigenvalue weighted by molar-refractivity contribution is 7.12. The second-order valence-electron chi connectivity index (χ2n) is 5.31. The maximum atomic E-state index is 10.9. The Hall–Kier alpha value is -0.870. The minimum atomic E-state index is -0.751. The number of fused-ring (bicyclic) bond motifs is 1. The van der Waals surface area contributed by atoms with Crippen LogP contribution in [0.15, 0.2) is 6.07 Å². The third kappa shape index (κ3) is 2.87. The van der Waals surface area contributed by atoms with Gasteiger partial charge in [-0.25, -0.2) is 0 Å². The normalized spacial score (nSPS) is 14.9. The van der Waals surface area contributed by atoms with Gasteiger partial charge >= 0.3 is 5.97 Å². The van der Waals surface area contributed by atoms with Gasteiger partial charge in [0.1, 0.15) is 0 Å². The van der Waals surface area contributed by atoms with E-state index in [1.54, 1.807) is 13.8 Å². The van der Waals surface area contributed by atoms with Crippen LogP contribution in [-0.4, -0.2) is 17.6 Å². The molecule has 1 aromatic rings. The van der Waals surface area contributed by atoms with Crippen molar-refractivity contribution in [2.45, 2.75) is 39.7 Å². The van der Waals surface area contributed by atoms with Crippen LogP contribution in [0.2, 0.25) is 0 Å². The summed E-state index contributed by atoms with van der Waals surface area (Å²) < 4.78 is 0. The highest BCUT2D eigenvalue weighted by Gasteiger charge is 2.26. The fraction of sp³-hybridized carbons (Fsp3) is 0.615. The van der Waals surface area contributed by atoms with E-state index in [1.165, 1.54) is 34.6 Å². The maximum Gasteiger partial charge on any atom is 0.310 e. The lowest BCUT2D eigenvalue weighted by atomic mass is 9.94. The molecule has 1 heterocycles. The Morgan fingerprint density at radius 3 is 2.94 bits per heavy atom. The van der Waals surface area contributed by atoms with E-state index in [2.05, 4.69) is 11.4 Å². The van der Waals surface area contributed by atoms with Crippen LogP contribution in [0.25, 0.3) is 0 Å². The van der Waals surface area contributed by atoms with Gasteiger partial charge in [-0.15, -0.1) is 11.3 Å². The summed E-state index contributed by atoms with van der Waals surface area (Å²) in [7, 11) is 0. The van der Waals surface area contributed by atoms with Crippen molar-refractivity contribution in [3.63, 3.8) is 0 Å². The first kappa shape index (κ1) is 12.6. The van der Waals surface area contributed by atoms with Crippen molar-refractivity contribution in [1.82, 2.24) is 5.32 Å². The molecule has 0 aliphatic heterocycles. The summed E-state index contributed by atoms with van der Waals surface area (Å²) in [6.45, 7) is 4.78. The first-order chi connectivity index (χ1) is 7.99. The van der Waals surface area contributed by atoms with Gasteiger partial charge in [-0.2, -0.15) is 0 Å². The van der Waals surface area contributed by atoms with E-state index in [0.29, 0.717) is 6.54 Å². The minimum Gasteiger partial charge on any atom is -0.481 e. The molecule has 4 heteroatoms. The Balaban J connectivity index is 1.84. The third-order valence-electron chi connectivity index (χ3n) is 3.24. The number of carboxylic acids is 1. The van der Waals surface area contributed by atoms with Crippen LogP contribution in [0.1, 0.15) is 35.6 Å². The Labute approximate surface area is 106 Å². The third-order valence-corrected chi connectivity index (χ3v) is 4.48. The molecule has 0 amide bonds. The summed E-state index contributed by atoms with van der Waals surface area (Å²) in [6, 6.07) is 2.27. The van der Waals surface area contributed by atoms with Gasteiger partial charge in [0.05, 0.1) is 5.41 Å². The molecule has 3 nitrogen and oxygen atoms in total. The molecule has 0 bridgehead atoms. The first-order valence-electron chi connectivity index (χ1n) is 6.03. The zero-order valence-corrected chi connectivity index (χ0v) is 11.2. The second-order valence-corrected chi connectivity index (χ2v) is 6.53. The monoisotopic (exact) mass is 253 g/mol. The standard InChI is InChI=1S/C13H19NO2S/c1-13(2,12(15)16)8-14-7-10-6-9-4-3-5-11(9)17-10/h6,14H,3-5,7-8H2,1-2H3,(H,15,16). The summed E-state index contributed by atoms with van der Waals surface area (Å²) in [5.74, 6) is -0.751. The molecule has 94 valence electrons. The maximum absolute atomic E-state index is 10.9. The molecule has 1 aliphatic carbocycles. The number of aliphatic carboxylic acids is 1. The molecule has 0 radical (unpaired) electrons. The van der Waals surface area contributed by atoms with Gasteiger partial charge in [0, 0.05) is 22.8 Å². The lowest BCUT2D eigenvalue weighted by molar-refractivity contribution is -0.146. The average molecular weight is 253 g/mol. The quantitative estimate of drug-likeness (QED) is 0.847. The molecular formula is C13H19NO2S. The highest BCUT2D eigenvalue weighted by Crippen LogP contribution is 2.30. The number of rotatable bonds is 5. The number of thiophene rings is 1. The molecule has 1 aliphatic rings. The van der Waals surface area contributed by atoms with E-state index in [9.17, 15) is 4.79 Å². The van der Waals surface area contributed by atoms with E-state index < -0.39 is 11.4 Å². The SMILES string of the molecule is CC(C)(CNCc1cc2c(s1)CCC2)C(=O)O. The molecule has 0 atom stereocenters. The largest absolute Gasteiger partial charge is 0.481 e. The summed E-state index contributed by atoms with van der Waals surface area (Å²) >= 11 is 1.87. The smallest absolute Gasteiger partial charge is 0.310 e. The van der Waals surface area contributed by atoms with Crippen LogP contribution in [0, 0.1) is 5.41 Å². The zero-order valence-electron chi connectivity index (χ0n) is 10.4. The van der Waals surface area contributed by atoms with E-state index >= 15 is 0 Å². The van der Waals surface area contributed by atoms with Crippen molar-refractivity contribution in [3.05, 3.63) is 21.4 Å². The fourth-order valence-corrected chi connectivity index (χ4v) is 3.28. The highest BCUT2D eigenvalue weighted by atomic mass is 32.1. The van der Waals surface area contributed by atoms with Gasteiger partial charge in [0.25, 0.3) is 0 Å². The molecule has 2 N–H and O–H groups in total. The fourth-order valence-electron chi connectivity index (χ4n) is 2.05. The van der Waals surface area contributed by atoms with Crippen molar-refractivity contribution in [1.29, 1.82) is 0 Å². The predicted octanol–water partition coefficient (Wildman–Crippen LogP) is 2.44. The lowest BCUT2D eigenvalue weighted by Crippen LogP contribution is -2.35. The van der Waals surface area contributed by atoms with Gasteiger partial charge in [-0.3, -0.25) is 4.79 Å². The minimum absolute atomic E-state index is 0.505. The predicted molar refractivity (Wildman–Crippen MR) is 69.5 cm³/mol. The van der Waals surface area contributed by atoms with Crippen molar-refractivity contribution in [2.75, 3.05) is 6.54 Å². The molecule has 2 rings (SSSR count). The van der Waals surface area contributed by atoms with Gasteiger partial charge in [0.15, 0.2) is 0 Å². The van der Waals surface area contributed by atoms with Crippen LogP contribution in [0.5, 0.6) is 0 Å². The molecule has 0 unspecified atom stereocenters. The zero-order chi connectivity index (χ0) is 12.5. The van der Waals surface area contributed by atoms with E-state index in [0.717, 1.165) is 6.54 Å². The van der Waals surface area contributed by atoms with Crippen molar-refractivity contribution in [2.24, 2.45) is 5.41 Å². The van der Waals surface area contributed by atoms with E-state index in [4.69, 9.17) is 5.11 Å². The first-order valence-corrected chi connectivity index (χ1v) is 6.85. The van der Waals surface area contributed by atoms with Crippen LogP contribution < -0.4 is 5.32 Å². The number of nitrogens with one attached hydrogen (secondary N) is 1. The number of hydrogen-bond donors (Lipinski definition) is 2. The van der Waals surface area contributed by atoms with Gasteiger partial charge < -0.3 is 10.4 Å². The number of carbonyl (C=O) groups is 1. The number of hydrogen-bond acceptors (Lipinski definition) is 3. The Kier molecular flexibility index (Phi) is 3.54. The Bertz CT molecular complexity index is 402. The Morgan fingerprint density at radius 2 is 2.29 bits per heavy atom. The van der Waals surface area contributed by atoms with Crippen molar-refractivity contribution < 1.29 is 9.90 Å². The molecule has 0 saturated heterocycles. The Morgan fingerprint density at radius 1 is 1.53 bits per heavy atom. The molecule has 0 saturated carbocycles. The molecule has 1 aromatic heterocycles. The van der Waals surface area contributed by atoms with Gasteiger partial charge in [-0.05, 0) is 44.7 Å². The van der Waals surface area contributed by atoms with E-state index in [-0.39, 0.29) is 0 Å². The number of aryl methyl sites for hydroxylation is 2. The van der Waals surface area contributed by atoms with Crippen LogP contribution >= 0.6 is 11.3 Å². The van der Waals surface area contributed by atoms with E-state index in [1.807, 2.05) is 11.3 Å².